The van der Waals surface area contributed by atoms with Gasteiger partial charge in [-0.2, -0.15) is 0 Å². The van der Waals surface area contributed by atoms with Gasteiger partial charge in [0.1, 0.15) is 0 Å². The zero-order chi connectivity index (χ0) is 15.1. The molecule has 0 amide bonds. The fraction of sp³-hybridized carbons (Fsp3) is 0. The van der Waals surface area contributed by atoms with Gasteiger partial charge in [0.25, 0.3) is 0 Å². The maximum atomic E-state index is 3.69. The lowest BCUT2D eigenvalue weighted by molar-refractivity contribution is 1.35. The van der Waals surface area contributed by atoms with Gasteiger partial charge in [0.05, 0.1) is 22.1 Å². The first-order valence-electron chi connectivity index (χ1n) is 7.67. The number of aromatic nitrogens is 2. The van der Waals surface area contributed by atoms with Gasteiger partial charge in [0.2, 0.25) is 0 Å². The van der Waals surface area contributed by atoms with Crippen LogP contribution in [0.2, 0.25) is 0 Å². The second-order valence-electron chi connectivity index (χ2n) is 6.09. The number of hydrogen-bond acceptors (Lipinski definition) is 0. The summed E-state index contributed by atoms with van der Waals surface area (Å²) in [4.78, 5) is 3.62. The van der Waals surface area contributed by atoms with E-state index >= 15 is 0 Å². The molecule has 2 nitrogen and oxygen atoms in total. The number of hydrogen-bond donors (Lipinski definition) is 1. The maximum absolute atomic E-state index is 3.69. The minimum atomic E-state index is 1.11. The highest BCUT2D eigenvalue weighted by molar-refractivity contribution is 9.10. The van der Waals surface area contributed by atoms with E-state index in [0.29, 0.717) is 0 Å². The highest BCUT2D eigenvalue weighted by atomic mass is 79.9. The summed E-state index contributed by atoms with van der Waals surface area (Å²) in [6, 6.07) is 21.7. The molecule has 108 valence electrons. The van der Waals surface area contributed by atoms with Gasteiger partial charge in [0.15, 0.2) is 0 Å². The summed E-state index contributed by atoms with van der Waals surface area (Å²) in [6.45, 7) is 0. The van der Waals surface area contributed by atoms with Crippen LogP contribution in [-0.4, -0.2) is 9.38 Å². The molecule has 23 heavy (non-hydrogen) atoms. The fourth-order valence-corrected chi connectivity index (χ4v) is 4.48. The highest BCUT2D eigenvalue weighted by Crippen LogP contribution is 2.42. The van der Waals surface area contributed by atoms with E-state index in [-0.39, 0.29) is 0 Å². The summed E-state index contributed by atoms with van der Waals surface area (Å²) in [5.41, 5.74) is 6.21. The number of halogens is 1. The lowest BCUT2D eigenvalue weighted by Crippen LogP contribution is -1.83. The number of H-pyrrole nitrogens is 1. The van der Waals surface area contributed by atoms with Crippen molar-refractivity contribution in [1.82, 2.24) is 9.38 Å². The molecule has 0 aliphatic rings. The van der Waals surface area contributed by atoms with E-state index < -0.39 is 0 Å². The molecule has 3 heteroatoms. The molecule has 0 radical (unpaired) electrons. The van der Waals surface area contributed by atoms with Crippen LogP contribution in [0.15, 0.2) is 65.1 Å². The third kappa shape index (κ3) is 1.31. The first-order chi connectivity index (χ1) is 11.3. The molecule has 0 bridgehead atoms. The molecule has 2 aromatic carbocycles. The van der Waals surface area contributed by atoms with Gasteiger partial charge < -0.3 is 9.38 Å². The number of para-hydroxylation sites is 1. The van der Waals surface area contributed by atoms with Crippen LogP contribution in [0, 0.1) is 0 Å². The fourth-order valence-electron chi connectivity index (χ4n) is 4.04. The molecule has 0 saturated heterocycles. The van der Waals surface area contributed by atoms with E-state index in [1.165, 1.54) is 49.1 Å². The van der Waals surface area contributed by atoms with E-state index in [1.54, 1.807) is 0 Å². The molecule has 6 rings (SSSR count). The lowest BCUT2D eigenvalue weighted by atomic mass is 10.1. The van der Waals surface area contributed by atoms with Crippen molar-refractivity contribution in [3.63, 3.8) is 0 Å². The summed E-state index contributed by atoms with van der Waals surface area (Å²) in [6.07, 6.45) is 0. The zero-order valence-electron chi connectivity index (χ0n) is 12.1. The SMILES string of the molecule is Brc1cc2c3ccccc3c3c4c5ccccc5[nH]c4c(c1)n23. The monoisotopic (exact) mass is 358 g/mol. The molecule has 0 fully saturated rings. The predicted octanol–water partition coefficient (Wildman–Crippen LogP) is 6.08. The van der Waals surface area contributed by atoms with Crippen LogP contribution < -0.4 is 0 Å². The second-order valence-corrected chi connectivity index (χ2v) is 7.01. The zero-order valence-corrected chi connectivity index (χ0v) is 13.7. The second kappa shape index (κ2) is 3.87. The molecule has 1 N–H and O–H groups in total. The van der Waals surface area contributed by atoms with E-state index in [4.69, 9.17) is 0 Å². The van der Waals surface area contributed by atoms with Gasteiger partial charge >= 0.3 is 0 Å². The predicted molar refractivity (Wildman–Crippen MR) is 101 cm³/mol. The number of aromatic amines is 1. The van der Waals surface area contributed by atoms with Crippen molar-refractivity contribution in [3.05, 3.63) is 65.1 Å². The van der Waals surface area contributed by atoms with Crippen molar-refractivity contribution >= 4 is 65.1 Å². The maximum Gasteiger partial charge on any atom is 0.0731 e. The molecule has 0 atom stereocenters. The summed E-state index contributed by atoms with van der Waals surface area (Å²) in [5, 5.41) is 5.24. The summed E-state index contributed by atoms with van der Waals surface area (Å²) in [5.74, 6) is 0. The topological polar surface area (TPSA) is 20.2 Å². The first kappa shape index (κ1) is 12.0. The van der Waals surface area contributed by atoms with Gasteiger partial charge in [0, 0.05) is 31.5 Å². The number of fused-ring (bicyclic) bond motifs is 8. The quantitative estimate of drug-likeness (QED) is 0.339. The van der Waals surface area contributed by atoms with Crippen molar-refractivity contribution < 1.29 is 0 Å². The molecule has 0 aliphatic heterocycles. The Labute approximate surface area is 139 Å². The molecular weight excluding hydrogens is 348 g/mol. The average Bonchev–Trinajstić information content (AvgIpc) is 3.19. The molecule has 4 aromatic heterocycles. The molecule has 6 aromatic rings. The van der Waals surface area contributed by atoms with Gasteiger partial charge in [-0.25, -0.2) is 0 Å². The van der Waals surface area contributed by atoms with Gasteiger partial charge in [-0.15, -0.1) is 0 Å². The summed E-state index contributed by atoms with van der Waals surface area (Å²) < 4.78 is 3.50. The van der Waals surface area contributed by atoms with Crippen molar-refractivity contribution in [2.24, 2.45) is 0 Å². The number of benzene rings is 2. The Morgan fingerprint density at radius 2 is 1.48 bits per heavy atom. The molecule has 0 unspecified atom stereocenters. The first-order valence-corrected chi connectivity index (χ1v) is 8.46. The summed E-state index contributed by atoms with van der Waals surface area (Å²) in [7, 11) is 0. The van der Waals surface area contributed by atoms with Crippen LogP contribution in [0.3, 0.4) is 0 Å². The van der Waals surface area contributed by atoms with Crippen LogP contribution in [0.1, 0.15) is 0 Å². The number of rotatable bonds is 0. The van der Waals surface area contributed by atoms with Gasteiger partial charge in [-0.1, -0.05) is 58.4 Å². The van der Waals surface area contributed by atoms with Crippen LogP contribution in [0.5, 0.6) is 0 Å². The Kier molecular flexibility index (Phi) is 2.01. The van der Waals surface area contributed by atoms with Crippen molar-refractivity contribution in [3.8, 4) is 0 Å². The average molecular weight is 359 g/mol. The molecule has 4 heterocycles. The van der Waals surface area contributed by atoms with Crippen LogP contribution in [0.25, 0.3) is 49.1 Å². The van der Waals surface area contributed by atoms with Crippen LogP contribution >= 0.6 is 15.9 Å². The lowest BCUT2D eigenvalue weighted by Gasteiger charge is -1.99. The Balaban J connectivity index is 2.11. The Hall–Kier alpha value is -2.52. The third-order valence-electron chi connectivity index (χ3n) is 4.91. The molecule has 0 aliphatic carbocycles. The third-order valence-corrected chi connectivity index (χ3v) is 5.37. The van der Waals surface area contributed by atoms with E-state index in [0.717, 1.165) is 4.47 Å². The Bertz CT molecular complexity index is 1370. The standard InChI is InChI=1S/C20H11BrN2/c21-11-9-16-12-5-1-2-6-13(12)20-18-14-7-3-4-8-15(14)22-19(18)17(10-11)23(16)20/h1-10,22H. The minimum absolute atomic E-state index is 1.11. The molecule has 0 spiro atoms. The van der Waals surface area contributed by atoms with Crippen molar-refractivity contribution in [2.45, 2.75) is 0 Å². The van der Waals surface area contributed by atoms with Crippen molar-refractivity contribution in [1.29, 1.82) is 0 Å². The Morgan fingerprint density at radius 3 is 2.35 bits per heavy atom. The largest absolute Gasteiger partial charge is 0.353 e. The normalized spacial score (nSPS) is 12.6. The highest BCUT2D eigenvalue weighted by Gasteiger charge is 2.20. The minimum Gasteiger partial charge on any atom is -0.353 e. The van der Waals surface area contributed by atoms with Crippen molar-refractivity contribution in [2.75, 3.05) is 0 Å². The summed E-state index contributed by atoms with van der Waals surface area (Å²) >= 11 is 3.69. The number of nitrogens with one attached hydrogen (secondary N) is 1. The van der Waals surface area contributed by atoms with Crippen LogP contribution in [-0.2, 0) is 0 Å². The van der Waals surface area contributed by atoms with E-state index in [9.17, 15) is 0 Å². The smallest absolute Gasteiger partial charge is 0.0731 e. The molecule has 0 saturated carbocycles. The van der Waals surface area contributed by atoms with Gasteiger partial charge in [-0.05, 0) is 18.2 Å². The number of pyridine rings is 1. The van der Waals surface area contributed by atoms with E-state index in [1.807, 2.05) is 0 Å². The van der Waals surface area contributed by atoms with E-state index in [2.05, 4.69) is 86.0 Å². The van der Waals surface area contributed by atoms with Gasteiger partial charge in [-0.3, -0.25) is 0 Å². The Morgan fingerprint density at radius 1 is 0.783 bits per heavy atom. The van der Waals surface area contributed by atoms with Crippen LogP contribution in [0.4, 0.5) is 0 Å². The number of nitrogens with zero attached hydrogens (tertiary/aromatic N) is 1. The molecular formula is C20H11BrN2.